The lowest BCUT2D eigenvalue weighted by Gasteiger charge is -2.28. The SMILES string of the molecule is COc1ccc(-c2cc(Cl)ccc2OC(C(=O)O)C(C)(C)C)cc1. The molecular formula is C19H21ClO4. The monoisotopic (exact) mass is 348 g/mol. The molecule has 0 fully saturated rings. The predicted molar refractivity (Wildman–Crippen MR) is 94.9 cm³/mol. The zero-order valence-corrected chi connectivity index (χ0v) is 14.9. The number of hydrogen-bond donors (Lipinski definition) is 1. The van der Waals surface area contributed by atoms with Crippen molar-refractivity contribution in [3.63, 3.8) is 0 Å². The molecule has 0 bridgehead atoms. The zero-order chi connectivity index (χ0) is 17.9. The highest BCUT2D eigenvalue weighted by atomic mass is 35.5. The third kappa shape index (κ3) is 4.20. The second kappa shape index (κ2) is 7.14. The quantitative estimate of drug-likeness (QED) is 0.835. The molecule has 0 aliphatic rings. The number of hydrogen-bond acceptors (Lipinski definition) is 3. The number of carboxylic acids is 1. The summed E-state index contributed by atoms with van der Waals surface area (Å²) in [5.41, 5.74) is 1.05. The van der Waals surface area contributed by atoms with Crippen LogP contribution in [-0.2, 0) is 4.79 Å². The Bertz CT molecular complexity index is 717. The first kappa shape index (κ1) is 18.1. The van der Waals surface area contributed by atoms with Gasteiger partial charge in [-0.3, -0.25) is 0 Å². The van der Waals surface area contributed by atoms with Crippen molar-refractivity contribution in [1.29, 1.82) is 0 Å². The summed E-state index contributed by atoms with van der Waals surface area (Å²) in [4.78, 5) is 11.6. The Labute approximate surface area is 147 Å². The van der Waals surface area contributed by atoms with Gasteiger partial charge in [0.25, 0.3) is 0 Å². The van der Waals surface area contributed by atoms with Crippen molar-refractivity contribution in [2.24, 2.45) is 5.41 Å². The Kier molecular flexibility index (Phi) is 5.40. The van der Waals surface area contributed by atoms with E-state index in [0.29, 0.717) is 10.8 Å². The van der Waals surface area contributed by atoms with E-state index in [-0.39, 0.29) is 0 Å². The normalized spacial score (nSPS) is 12.5. The molecule has 4 nitrogen and oxygen atoms in total. The van der Waals surface area contributed by atoms with Gasteiger partial charge in [-0.25, -0.2) is 4.79 Å². The Morgan fingerprint density at radius 1 is 1.12 bits per heavy atom. The smallest absolute Gasteiger partial charge is 0.345 e. The highest BCUT2D eigenvalue weighted by molar-refractivity contribution is 6.31. The highest BCUT2D eigenvalue weighted by Gasteiger charge is 2.34. The van der Waals surface area contributed by atoms with Crippen molar-refractivity contribution in [1.82, 2.24) is 0 Å². The Balaban J connectivity index is 2.45. The molecule has 0 aliphatic heterocycles. The number of benzene rings is 2. The van der Waals surface area contributed by atoms with Gasteiger partial charge in [-0.2, -0.15) is 0 Å². The van der Waals surface area contributed by atoms with Crippen LogP contribution in [0.3, 0.4) is 0 Å². The molecule has 0 aromatic heterocycles. The molecule has 1 unspecified atom stereocenters. The first-order valence-electron chi connectivity index (χ1n) is 7.56. The van der Waals surface area contributed by atoms with Crippen LogP contribution in [0.5, 0.6) is 11.5 Å². The van der Waals surface area contributed by atoms with Gasteiger partial charge < -0.3 is 14.6 Å². The van der Waals surface area contributed by atoms with E-state index in [1.54, 1.807) is 25.3 Å². The van der Waals surface area contributed by atoms with E-state index >= 15 is 0 Å². The van der Waals surface area contributed by atoms with Crippen LogP contribution in [-0.4, -0.2) is 24.3 Å². The maximum atomic E-state index is 11.6. The number of carboxylic acid groups (broad SMARTS) is 1. The van der Waals surface area contributed by atoms with Crippen LogP contribution in [0.4, 0.5) is 0 Å². The Morgan fingerprint density at radius 3 is 2.25 bits per heavy atom. The molecule has 0 saturated heterocycles. The lowest BCUT2D eigenvalue weighted by atomic mass is 9.89. The molecule has 0 saturated carbocycles. The van der Waals surface area contributed by atoms with E-state index in [9.17, 15) is 9.90 Å². The molecule has 2 aromatic rings. The van der Waals surface area contributed by atoms with Gasteiger partial charge >= 0.3 is 5.97 Å². The van der Waals surface area contributed by atoms with Crippen molar-refractivity contribution in [3.05, 3.63) is 47.5 Å². The third-order valence-electron chi connectivity index (χ3n) is 3.60. The highest BCUT2D eigenvalue weighted by Crippen LogP contribution is 2.36. The fraction of sp³-hybridized carbons (Fsp3) is 0.316. The van der Waals surface area contributed by atoms with E-state index in [1.807, 2.05) is 45.0 Å². The molecule has 0 radical (unpaired) electrons. The summed E-state index contributed by atoms with van der Waals surface area (Å²) >= 11 is 6.12. The minimum atomic E-state index is -1.00. The standard InChI is InChI=1S/C19H21ClO4/c1-19(2,3)17(18(21)22)24-16-10-7-13(20)11-15(16)12-5-8-14(23-4)9-6-12/h5-11,17H,1-4H3,(H,21,22). The van der Waals surface area contributed by atoms with Crippen molar-refractivity contribution >= 4 is 17.6 Å². The van der Waals surface area contributed by atoms with Gasteiger partial charge in [-0.15, -0.1) is 0 Å². The van der Waals surface area contributed by atoms with E-state index in [2.05, 4.69) is 0 Å². The summed E-state index contributed by atoms with van der Waals surface area (Å²) in [6.45, 7) is 5.48. The maximum absolute atomic E-state index is 11.6. The van der Waals surface area contributed by atoms with Crippen molar-refractivity contribution in [2.45, 2.75) is 26.9 Å². The predicted octanol–water partition coefficient (Wildman–Crippen LogP) is 4.89. The van der Waals surface area contributed by atoms with E-state index in [4.69, 9.17) is 21.1 Å². The number of carbonyl (C=O) groups is 1. The van der Waals surface area contributed by atoms with Gasteiger partial charge in [0.15, 0.2) is 6.10 Å². The van der Waals surface area contributed by atoms with Crippen LogP contribution in [0.15, 0.2) is 42.5 Å². The maximum Gasteiger partial charge on any atom is 0.345 e. The topological polar surface area (TPSA) is 55.8 Å². The average Bonchev–Trinajstić information content (AvgIpc) is 2.52. The first-order valence-corrected chi connectivity index (χ1v) is 7.93. The van der Waals surface area contributed by atoms with Crippen LogP contribution in [0.25, 0.3) is 11.1 Å². The number of ether oxygens (including phenoxy) is 2. The summed E-state index contributed by atoms with van der Waals surface area (Å²) in [5.74, 6) is 0.214. The second-order valence-corrected chi connectivity index (χ2v) is 7.01. The molecular weight excluding hydrogens is 328 g/mol. The summed E-state index contributed by atoms with van der Waals surface area (Å²) in [6, 6.07) is 12.6. The molecule has 24 heavy (non-hydrogen) atoms. The number of aliphatic carboxylic acids is 1. The molecule has 1 N–H and O–H groups in total. The molecule has 0 aliphatic carbocycles. The van der Waals surface area contributed by atoms with Gasteiger partial charge in [0.2, 0.25) is 0 Å². The fourth-order valence-corrected chi connectivity index (χ4v) is 2.50. The second-order valence-electron chi connectivity index (χ2n) is 6.57. The number of methoxy groups -OCH3 is 1. The minimum absolute atomic E-state index is 0.479. The molecule has 0 amide bonds. The lowest BCUT2D eigenvalue weighted by molar-refractivity contribution is -0.150. The zero-order valence-electron chi connectivity index (χ0n) is 14.2. The van der Waals surface area contributed by atoms with Crippen molar-refractivity contribution < 1.29 is 19.4 Å². The van der Waals surface area contributed by atoms with Crippen molar-refractivity contribution in [3.8, 4) is 22.6 Å². The van der Waals surface area contributed by atoms with E-state index in [1.165, 1.54) is 0 Å². The molecule has 2 aromatic carbocycles. The molecule has 1 atom stereocenters. The molecule has 5 heteroatoms. The Morgan fingerprint density at radius 2 is 1.75 bits per heavy atom. The molecule has 2 rings (SSSR count). The van der Waals surface area contributed by atoms with Gasteiger partial charge in [-0.1, -0.05) is 44.5 Å². The van der Waals surface area contributed by atoms with E-state index < -0.39 is 17.5 Å². The van der Waals surface area contributed by atoms with Crippen LogP contribution >= 0.6 is 11.6 Å². The van der Waals surface area contributed by atoms with Gasteiger partial charge in [-0.05, 0) is 35.9 Å². The summed E-state index contributed by atoms with van der Waals surface area (Å²) in [5, 5.41) is 10.0. The molecule has 0 heterocycles. The van der Waals surface area contributed by atoms with Gasteiger partial charge in [0.05, 0.1) is 7.11 Å². The van der Waals surface area contributed by atoms with Crippen molar-refractivity contribution in [2.75, 3.05) is 7.11 Å². The molecule has 0 spiro atoms. The van der Waals surface area contributed by atoms with Gasteiger partial charge in [0, 0.05) is 16.0 Å². The number of rotatable bonds is 5. The van der Waals surface area contributed by atoms with Crippen LogP contribution in [0.2, 0.25) is 5.02 Å². The van der Waals surface area contributed by atoms with Crippen LogP contribution in [0.1, 0.15) is 20.8 Å². The largest absolute Gasteiger partial charge is 0.497 e. The Hall–Kier alpha value is -2.20. The lowest BCUT2D eigenvalue weighted by Crippen LogP contribution is -2.39. The number of halogens is 1. The summed E-state index contributed by atoms with van der Waals surface area (Å²) < 4.78 is 11.0. The minimum Gasteiger partial charge on any atom is -0.497 e. The summed E-state index contributed by atoms with van der Waals surface area (Å²) in [6.07, 6.45) is -0.976. The first-order chi connectivity index (χ1) is 11.2. The summed E-state index contributed by atoms with van der Waals surface area (Å²) in [7, 11) is 1.60. The average molecular weight is 349 g/mol. The fourth-order valence-electron chi connectivity index (χ4n) is 2.33. The third-order valence-corrected chi connectivity index (χ3v) is 3.83. The van der Waals surface area contributed by atoms with Gasteiger partial charge in [0.1, 0.15) is 11.5 Å². The van der Waals surface area contributed by atoms with Crippen LogP contribution in [0, 0.1) is 5.41 Å². The van der Waals surface area contributed by atoms with E-state index in [0.717, 1.165) is 16.9 Å². The van der Waals surface area contributed by atoms with Crippen LogP contribution < -0.4 is 9.47 Å². The molecule has 128 valence electrons.